The molecule has 0 unspecified atom stereocenters. The molecule has 1 aliphatic rings. The SMILES string of the molecule is CN(Cc1cncn1C)C[C@@H]1CCCN(C)[C@H]1c1ccnn1C. The Morgan fingerprint density at radius 1 is 1.30 bits per heavy atom. The Hall–Kier alpha value is -1.66. The van der Waals surface area contributed by atoms with Gasteiger partial charge in [-0.2, -0.15) is 5.10 Å². The Kier molecular flexibility index (Phi) is 4.82. The van der Waals surface area contributed by atoms with Gasteiger partial charge in [0.05, 0.1) is 23.8 Å². The summed E-state index contributed by atoms with van der Waals surface area (Å²) in [4.78, 5) is 9.13. The van der Waals surface area contributed by atoms with Crippen LogP contribution in [0.5, 0.6) is 0 Å². The summed E-state index contributed by atoms with van der Waals surface area (Å²) in [5.41, 5.74) is 2.58. The molecule has 6 heteroatoms. The summed E-state index contributed by atoms with van der Waals surface area (Å²) in [6.45, 7) is 3.19. The van der Waals surface area contributed by atoms with Crippen molar-refractivity contribution in [1.29, 1.82) is 0 Å². The molecule has 0 spiro atoms. The zero-order chi connectivity index (χ0) is 16.4. The van der Waals surface area contributed by atoms with E-state index in [4.69, 9.17) is 0 Å². The van der Waals surface area contributed by atoms with Crippen LogP contribution in [0.1, 0.15) is 30.3 Å². The first-order valence-electron chi connectivity index (χ1n) is 8.38. The molecule has 1 fully saturated rings. The Morgan fingerprint density at radius 3 is 2.78 bits per heavy atom. The van der Waals surface area contributed by atoms with Gasteiger partial charge in [-0.15, -0.1) is 0 Å². The summed E-state index contributed by atoms with van der Waals surface area (Å²) in [7, 11) is 8.56. The molecule has 0 aliphatic carbocycles. The maximum Gasteiger partial charge on any atom is 0.0945 e. The molecule has 0 bridgehead atoms. The summed E-state index contributed by atoms with van der Waals surface area (Å²) >= 11 is 0. The molecule has 0 aromatic carbocycles. The van der Waals surface area contributed by atoms with Gasteiger partial charge in [-0.3, -0.25) is 9.58 Å². The van der Waals surface area contributed by atoms with Gasteiger partial charge in [0.2, 0.25) is 0 Å². The third kappa shape index (κ3) is 3.48. The first-order valence-corrected chi connectivity index (χ1v) is 8.38. The molecule has 6 nitrogen and oxygen atoms in total. The van der Waals surface area contributed by atoms with Crippen molar-refractivity contribution in [2.75, 3.05) is 27.2 Å². The van der Waals surface area contributed by atoms with Gasteiger partial charge in [0.1, 0.15) is 0 Å². The van der Waals surface area contributed by atoms with Gasteiger partial charge >= 0.3 is 0 Å². The summed E-state index contributed by atoms with van der Waals surface area (Å²) in [5, 5.41) is 4.38. The number of aromatic nitrogens is 4. The zero-order valence-corrected chi connectivity index (χ0v) is 14.7. The number of nitrogens with zero attached hydrogens (tertiary/aromatic N) is 6. The molecule has 3 heterocycles. The lowest BCUT2D eigenvalue weighted by atomic mass is 9.87. The van der Waals surface area contributed by atoms with E-state index < -0.39 is 0 Å². The second-order valence-electron chi connectivity index (χ2n) is 6.90. The maximum atomic E-state index is 4.38. The van der Waals surface area contributed by atoms with Crippen LogP contribution < -0.4 is 0 Å². The normalized spacial score (nSPS) is 22.8. The van der Waals surface area contributed by atoms with Crippen molar-refractivity contribution in [1.82, 2.24) is 29.1 Å². The van der Waals surface area contributed by atoms with Gasteiger partial charge in [0.25, 0.3) is 0 Å². The van der Waals surface area contributed by atoms with Crippen molar-refractivity contribution in [3.8, 4) is 0 Å². The number of aryl methyl sites for hydroxylation is 2. The van der Waals surface area contributed by atoms with E-state index in [2.05, 4.69) is 51.7 Å². The minimum absolute atomic E-state index is 0.449. The van der Waals surface area contributed by atoms with E-state index in [0.29, 0.717) is 12.0 Å². The second kappa shape index (κ2) is 6.84. The maximum absolute atomic E-state index is 4.38. The first-order chi connectivity index (χ1) is 11.1. The fourth-order valence-corrected chi connectivity index (χ4v) is 3.87. The molecule has 2 aromatic heterocycles. The number of rotatable bonds is 5. The molecular weight excluding hydrogens is 288 g/mol. The monoisotopic (exact) mass is 316 g/mol. The van der Waals surface area contributed by atoms with Crippen molar-refractivity contribution in [2.24, 2.45) is 20.0 Å². The highest BCUT2D eigenvalue weighted by Gasteiger charge is 2.32. The fraction of sp³-hybridized carbons (Fsp3) is 0.647. The van der Waals surface area contributed by atoms with E-state index in [1.54, 1.807) is 0 Å². The van der Waals surface area contributed by atoms with Crippen LogP contribution in [0.25, 0.3) is 0 Å². The molecule has 3 rings (SSSR count). The van der Waals surface area contributed by atoms with Crippen molar-refractivity contribution in [3.63, 3.8) is 0 Å². The average molecular weight is 316 g/mol. The van der Waals surface area contributed by atoms with Gasteiger partial charge in [-0.05, 0) is 45.5 Å². The Balaban J connectivity index is 1.71. The van der Waals surface area contributed by atoms with Gasteiger partial charge in [-0.25, -0.2) is 4.98 Å². The topological polar surface area (TPSA) is 42.1 Å². The van der Waals surface area contributed by atoms with Gasteiger partial charge in [0.15, 0.2) is 0 Å². The number of imidazole rings is 1. The van der Waals surface area contributed by atoms with Gasteiger partial charge in [0, 0.05) is 39.6 Å². The van der Waals surface area contributed by atoms with Crippen LogP contribution in [-0.4, -0.2) is 56.3 Å². The van der Waals surface area contributed by atoms with Crippen molar-refractivity contribution >= 4 is 0 Å². The average Bonchev–Trinajstić information content (AvgIpc) is 3.09. The molecule has 1 saturated heterocycles. The van der Waals surface area contributed by atoms with Crippen molar-refractivity contribution in [3.05, 3.63) is 36.2 Å². The highest BCUT2D eigenvalue weighted by Crippen LogP contribution is 2.35. The highest BCUT2D eigenvalue weighted by atomic mass is 15.3. The van der Waals surface area contributed by atoms with E-state index in [9.17, 15) is 0 Å². The van der Waals surface area contributed by atoms with Crippen LogP contribution in [0.15, 0.2) is 24.8 Å². The molecule has 126 valence electrons. The van der Waals surface area contributed by atoms with Crippen LogP contribution in [0.2, 0.25) is 0 Å². The van der Waals surface area contributed by atoms with Gasteiger partial charge in [-0.1, -0.05) is 0 Å². The molecule has 0 N–H and O–H groups in total. The fourth-order valence-electron chi connectivity index (χ4n) is 3.87. The number of hydrogen-bond acceptors (Lipinski definition) is 4. The summed E-state index contributed by atoms with van der Waals surface area (Å²) in [6, 6.07) is 2.62. The van der Waals surface area contributed by atoms with E-state index in [1.807, 2.05) is 30.5 Å². The predicted octanol–water partition coefficient (Wildman–Crippen LogP) is 1.67. The molecule has 2 atom stereocenters. The lowest BCUT2D eigenvalue weighted by Crippen LogP contribution is -2.41. The van der Waals surface area contributed by atoms with Crippen LogP contribution in [0.4, 0.5) is 0 Å². The van der Waals surface area contributed by atoms with E-state index in [-0.39, 0.29) is 0 Å². The summed E-state index contributed by atoms with van der Waals surface area (Å²) in [6.07, 6.45) is 8.29. The second-order valence-corrected chi connectivity index (χ2v) is 6.90. The van der Waals surface area contributed by atoms with Gasteiger partial charge < -0.3 is 9.47 Å². The molecule has 1 aliphatic heterocycles. The van der Waals surface area contributed by atoms with Crippen LogP contribution in [0.3, 0.4) is 0 Å². The number of hydrogen-bond donors (Lipinski definition) is 0. The molecule has 2 aromatic rings. The highest BCUT2D eigenvalue weighted by molar-refractivity contribution is 5.10. The van der Waals surface area contributed by atoms with E-state index in [0.717, 1.165) is 19.6 Å². The standard InChI is InChI=1S/C17H28N6/c1-20(12-15-10-18-13-22(15)3)11-14-6-5-9-21(2)17(14)16-7-8-19-23(16)4/h7-8,10,13-14,17H,5-6,9,11-12H2,1-4H3/t14-,17+/m0/s1. The summed E-state index contributed by atoms with van der Waals surface area (Å²) in [5.74, 6) is 0.627. The number of piperidine rings is 1. The molecule has 0 amide bonds. The van der Waals surface area contributed by atoms with Crippen LogP contribution >= 0.6 is 0 Å². The lowest BCUT2D eigenvalue weighted by molar-refractivity contribution is 0.0868. The third-order valence-corrected chi connectivity index (χ3v) is 5.06. The van der Waals surface area contributed by atoms with Crippen molar-refractivity contribution in [2.45, 2.75) is 25.4 Å². The molecular formula is C17H28N6. The van der Waals surface area contributed by atoms with E-state index >= 15 is 0 Å². The predicted molar refractivity (Wildman–Crippen MR) is 90.8 cm³/mol. The smallest absolute Gasteiger partial charge is 0.0945 e. The zero-order valence-electron chi connectivity index (χ0n) is 14.7. The van der Waals surface area contributed by atoms with Crippen LogP contribution in [0, 0.1) is 5.92 Å². The van der Waals surface area contributed by atoms with Crippen molar-refractivity contribution < 1.29 is 0 Å². The third-order valence-electron chi connectivity index (χ3n) is 5.06. The Bertz CT molecular complexity index is 631. The summed E-state index contributed by atoms with van der Waals surface area (Å²) < 4.78 is 4.13. The Morgan fingerprint density at radius 2 is 2.13 bits per heavy atom. The lowest BCUT2D eigenvalue weighted by Gasteiger charge is -2.40. The largest absolute Gasteiger partial charge is 0.337 e. The number of likely N-dealkylation sites (tertiary alicyclic amines) is 1. The first kappa shape index (κ1) is 16.2. The minimum atomic E-state index is 0.449. The minimum Gasteiger partial charge on any atom is -0.337 e. The molecule has 23 heavy (non-hydrogen) atoms. The quantitative estimate of drug-likeness (QED) is 0.841. The molecule has 0 radical (unpaired) electrons. The van der Waals surface area contributed by atoms with Crippen LogP contribution in [-0.2, 0) is 20.6 Å². The molecule has 0 saturated carbocycles. The van der Waals surface area contributed by atoms with E-state index in [1.165, 1.54) is 24.2 Å². The Labute approximate surface area is 138 Å².